The summed E-state index contributed by atoms with van der Waals surface area (Å²) in [6.07, 6.45) is 2.22. The lowest BCUT2D eigenvalue weighted by atomic mass is 10.0. The summed E-state index contributed by atoms with van der Waals surface area (Å²) in [5, 5.41) is 2.63. The van der Waals surface area contributed by atoms with Gasteiger partial charge in [-0.05, 0) is 50.9 Å². The molecule has 1 aliphatic rings. The second-order valence-corrected chi connectivity index (χ2v) is 7.73. The molecular formula is C20H26N4O3S. The Bertz CT molecular complexity index is 806. The predicted octanol–water partition coefficient (Wildman–Crippen LogP) is 2.38. The number of carbonyl (C=O) groups excluding carboxylic acids is 2. The van der Waals surface area contributed by atoms with E-state index in [4.69, 9.17) is 4.74 Å². The zero-order valence-corrected chi connectivity index (χ0v) is 17.1. The third kappa shape index (κ3) is 5.53. The van der Waals surface area contributed by atoms with E-state index in [2.05, 4.69) is 32.9 Å². The molecule has 2 heterocycles. The Morgan fingerprint density at radius 1 is 1.25 bits per heavy atom. The van der Waals surface area contributed by atoms with Crippen LogP contribution in [0.25, 0.3) is 0 Å². The maximum Gasteiger partial charge on any atom is 0.252 e. The fourth-order valence-electron chi connectivity index (χ4n) is 3.37. The van der Waals surface area contributed by atoms with Crippen molar-refractivity contribution in [1.29, 1.82) is 0 Å². The number of nitrogens with zero attached hydrogens (tertiary/aromatic N) is 2. The molecule has 2 N–H and O–H groups in total. The molecule has 8 heteroatoms. The van der Waals surface area contributed by atoms with Crippen LogP contribution in [-0.2, 0) is 16.0 Å². The molecule has 2 aromatic rings. The Morgan fingerprint density at radius 3 is 2.68 bits per heavy atom. The first kappa shape index (κ1) is 20.3. The average molecular weight is 403 g/mol. The highest BCUT2D eigenvalue weighted by atomic mass is 32.1. The number of nitrogens with one attached hydrogen (secondary N) is 2. The molecule has 1 aliphatic heterocycles. The zero-order chi connectivity index (χ0) is 19.9. The highest BCUT2D eigenvalue weighted by molar-refractivity contribution is 7.09. The van der Waals surface area contributed by atoms with E-state index in [1.54, 1.807) is 0 Å². The summed E-state index contributed by atoms with van der Waals surface area (Å²) in [7, 11) is 0. The van der Waals surface area contributed by atoms with Crippen LogP contribution in [0.2, 0.25) is 0 Å². The molecule has 0 aliphatic carbocycles. The second-order valence-electron chi connectivity index (χ2n) is 6.79. The van der Waals surface area contributed by atoms with Gasteiger partial charge in [-0.25, -0.2) is 4.98 Å². The molecule has 2 amide bonds. The first-order chi connectivity index (χ1) is 13.5. The molecule has 1 aromatic carbocycles. The van der Waals surface area contributed by atoms with E-state index in [-0.39, 0.29) is 30.8 Å². The molecule has 0 bridgehead atoms. The van der Waals surface area contributed by atoms with E-state index < -0.39 is 0 Å². The zero-order valence-electron chi connectivity index (χ0n) is 16.2. The molecule has 1 fully saturated rings. The minimum absolute atomic E-state index is 0.164. The van der Waals surface area contributed by atoms with Crippen molar-refractivity contribution >= 4 is 23.2 Å². The van der Waals surface area contributed by atoms with Crippen molar-refractivity contribution in [2.75, 3.05) is 19.7 Å². The summed E-state index contributed by atoms with van der Waals surface area (Å²) in [5.74, 6) is 0.361. The Kier molecular flexibility index (Phi) is 7.00. The number of rotatable bonds is 7. The van der Waals surface area contributed by atoms with Gasteiger partial charge in [-0.1, -0.05) is 12.1 Å². The summed E-state index contributed by atoms with van der Waals surface area (Å²) in [4.78, 5) is 30.6. The fraction of sp³-hybridized carbons (Fsp3) is 0.450. The normalized spacial score (nSPS) is 16.7. The molecule has 0 spiro atoms. The lowest BCUT2D eigenvalue weighted by Gasteiger charge is -2.24. The van der Waals surface area contributed by atoms with Crippen molar-refractivity contribution in [2.45, 2.75) is 39.2 Å². The van der Waals surface area contributed by atoms with Crippen LogP contribution in [0.4, 0.5) is 0 Å². The number of amides is 2. The monoisotopic (exact) mass is 402 g/mol. The van der Waals surface area contributed by atoms with Gasteiger partial charge in [0, 0.05) is 17.1 Å². The van der Waals surface area contributed by atoms with Gasteiger partial charge in [-0.2, -0.15) is 0 Å². The van der Waals surface area contributed by atoms with Gasteiger partial charge in [-0.15, -0.1) is 11.3 Å². The highest BCUT2D eigenvalue weighted by Crippen LogP contribution is 2.32. The van der Waals surface area contributed by atoms with Gasteiger partial charge in [0.05, 0.1) is 19.6 Å². The number of aromatic nitrogens is 1. The largest absolute Gasteiger partial charge is 0.494 e. The Morgan fingerprint density at radius 2 is 2.00 bits per heavy atom. The standard InChI is InChI=1S/C20H26N4O3S/c1-3-27-16-8-6-15(7-9-16)17-5-4-10-24(17)12-19(26)23-22-18(25)11-20-21-14(2)13-28-20/h6-9,13,17H,3-5,10-12H2,1-2H3,(H,22,25)(H,23,26). The van der Waals surface area contributed by atoms with E-state index in [0.717, 1.165) is 35.8 Å². The Hall–Kier alpha value is -2.45. The summed E-state index contributed by atoms with van der Waals surface area (Å²) < 4.78 is 5.49. The number of benzene rings is 1. The third-order valence-corrected chi connectivity index (χ3v) is 5.57. The summed E-state index contributed by atoms with van der Waals surface area (Å²) in [5.41, 5.74) is 7.06. The number of likely N-dealkylation sites (tertiary alicyclic amines) is 1. The number of thiazole rings is 1. The van der Waals surface area contributed by atoms with Crippen LogP contribution >= 0.6 is 11.3 Å². The molecule has 1 unspecified atom stereocenters. The van der Waals surface area contributed by atoms with Gasteiger partial charge in [0.25, 0.3) is 5.91 Å². The molecule has 0 radical (unpaired) electrons. The molecule has 0 saturated carbocycles. The van der Waals surface area contributed by atoms with Crippen LogP contribution in [0.5, 0.6) is 5.75 Å². The first-order valence-electron chi connectivity index (χ1n) is 9.50. The van der Waals surface area contributed by atoms with Gasteiger partial charge in [-0.3, -0.25) is 25.3 Å². The first-order valence-corrected chi connectivity index (χ1v) is 10.4. The van der Waals surface area contributed by atoms with Crippen molar-refractivity contribution in [3.8, 4) is 5.75 Å². The molecule has 1 aromatic heterocycles. The Balaban J connectivity index is 1.47. The van der Waals surface area contributed by atoms with Gasteiger partial charge < -0.3 is 4.74 Å². The van der Waals surface area contributed by atoms with Crippen LogP contribution in [0.1, 0.15) is 42.1 Å². The number of ether oxygens (including phenoxy) is 1. The number of aryl methyl sites for hydroxylation is 1. The van der Waals surface area contributed by atoms with Crippen molar-refractivity contribution in [1.82, 2.24) is 20.7 Å². The van der Waals surface area contributed by atoms with Gasteiger partial charge >= 0.3 is 0 Å². The summed E-state index contributed by atoms with van der Waals surface area (Å²) >= 11 is 1.44. The van der Waals surface area contributed by atoms with Crippen molar-refractivity contribution in [3.63, 3.8) is 0 Å². The SMILES string of the molecule is CCOc1ccc(C2CCCN2CC(=O)NNC(=O)Cc2nc(C)cs2)cc1. The maximum atomic E-state index is 12.3. The minimum Gasteiger partial charge on any atom is -0.494 e. The molecule has 1 atom stereocenters. The molecule has 28 heavy (non-hydrogen) atoms. The van der Waals surface area contributed by atoms with Crippen LogP contribution in [0.3, 0.4) is 0 Å². The molecule has 1 saturated heterocycles. The molecule has 150 valence electrons. The molecular weight excluding hydrogens is 376 g/mol. The van der Waals surface area contributed by atoms with Gasteiger partial charge in [0.2, 0.25) is 5.91 Å². The quantitative estimate of drug-likeness (QED) is 0.695. The van der Waals surface area contributed by atoms with Gasteiger partial charge in [0.1, 0.15) is 10.8 Å². The number of hydrogen-bond donors (Lipinski definition) is 2. The predicted molar refractivity (Wildman–Crippen MR) is 108 cm³/mol. The van der Waals surface area contributed by atoms with Crippen molar-refractivity contribution in [3.05, 3.63) is 45.9 Å². The van der Waals surface area contributed by atoms with E-state index in [9.17, 15) is 9.59 Å². The number of hydrazine groups is 1. The van der Waals surface area contributed by atoms with E-state index in [0.29, 0.717) is 6.61 Å². The smallest absolute Gasteiger partial charge is 0.252 e. The van der Waals surface area contributed by atoms with Crippen LogP contribution in [0, 0.1) is 6.92 Å². The number of hydrogen-bond acceptors (Lipinski definition) is 6. The lowest BCUT2D eigenvalue weighted by Crippen LogP contribution is -2.46. The second kappa shape index (κ2) is 9.66. The van der Waals surface area contributed by atoms with Crippen LogP contribution < -0.4 is 15.6 Å². The lowest BCUT2D eigenvalue weighted by molar-refractivity contribution is -0.129. The van der Waals surface area contributed by atoms with E-state index >= 15 is 0 Å². The fourth-order valence-corrected chi connectivity index (χ4v) is 4.15. The van der Waals surface area contributed by atoms with Crippen molar-refractivity contribution in [2.24, 2.45) is 0 Å². The van der Waals surface area contributed by atoms with Crippen LogP contribution in [-0.4, -0.2) is 41.4 Å². The van der Waals surface area contributed by atoms with Gasteiger partial charge in [0.15, 0.2) is 0 Å². The summed E-state index contributed by atoms with van der Waals surface area (Å²) in [6.45, 7) is 5.59. The number of carbonyl (C=O) groups is 2. The average Bonchev–Trinajstić information content (AvgIpc) is 3.30. The highest BCUT2D eigenvalue weighted by Gasteiger charge is 2.27. The topological polar surface area (TPSA) is 83.6 Å². The van der Waals surface area contributed by atoms with E-state index in [1.807, 2.05) is 31.4 Å². The molecule has 7 nitrogen and oxygen atoms in total. The minimum atomic E-state index is -0.271. The van der Waals surface area contributed by atoms with Crippen LogP contribution in [0.15, 0.2) is 29.6 Å². The maximum absolute atomic E-state index is 12.3. The summed E-state index contributed by atoms with van der Waals surface area (Å²) in [6, 6.07) is 8.26. The van der Waals surface area contributed by atoms with E-state index in [1.165, 1.54) is 16.9 Å². The molecule has 3 rings (SSSR count). The van der Waals surface area contributed by atoms with Crippen molar-refractivity contribution < 1.29 is 14.3 Å². The Labute approximate surface area is 169 Å². The third-order valence-electron chi connectivity index (χ3n) is 4.61.